The predicted octanol–water partition coefficient (Wildman–Crippen LogP) is 0.994. The fraction of sp³-hybridized carbons (Fsp3) is 0.600. The number of hydrogen-bond acceptors (Lipinski definition) is 2. The van der Waals surface area contributed by atoms with E-state index >= 15 is 0 Å². The molecule has 2 atom stereocenters. The highest BCUT2D eigenvalue weighted by Crippen LogP contribution is 2.32. The minimum Gasteiger partial charge on any atom is -0.482 e. The third-order valence-corrected chi connectivity index (χ3v) is 1.25. The lowest BCUT2D eigenvalue weighted by Gasteiger charge is -2.16. The van der Waals surface area contributed by atoms with Gasteiger partial charge >= 0.3 is 6.18 Å². The highest BCUT2D eigenvalue weighted by Gasteiger charge is 2.44. The van der Waals surface area contributed by atoms with E-state index in [4.69, 9.17) is 5.73 Å². The first kappa shape index (κ1) is 7.40. The molecule has 1 rings (SSSR count). The van der Waals surface area contributed by atoms with Gasteiger partial charge in [-0.05, 0) is 6.08 Å². The first-order valence-corrected chi connectivity index (χ1v) is 2.66. The van der Waals surface area contributed by atoms with E-state index in [-0.39, 0.29) is 0 Å². The Bertz CT molecular complexity index is 153. The Morgan fingerprint density at radius 2 is 2.00 bits per heavy atom. The summed E-state index contributed by atoms with van der Waals surface area (Å²) in [5.41, 5.74) is 4.96. The number of hydrogen-bond donors (Lipinski definition) is 1. The zero-order valence-electron chi connectivity index (χ0n) is 4.93. The highest BCUT2D eigenvalue weighted by molar-refractivity contribution is 4.97. The van der Waals surface area contributed by atoms with Crippen molar-refractivity contribution in [2.24, 2.45) is 11.7 Å². The Labute approximate surface area is 55.5 Å². The molecule has 0 aliphatic carbocycles. The van der Waals surface area contributed by atoms with Gasteiger partial charge in [0.15, 0.2) is 6.23 Å². The van der Waals surface area contributed by atoms with Crippen molar-refractivity contribution in [3.63, 3.8) is 0 Å². The second-order valence-electron chi connectivity index (χ2n) is 2.00. The Kier molecular flexibility index (Phi) is 1.60. The topological polar surface area (TPSA) is 35.2 Å². The van der Waals surface area contributed by atoms with Crippen LogP contribution in [0.25, 0.3) is 0 Å². The quantitative estimate of drug-likeness (QED) is 0.563. The molecule has 0 saturated heterocycles. The molecule has 1 heterocycles. The van der Waals surface area contributed by atoms with Crippen molar-refractivity contribution >= 4 is 0 Å². The first-order valence-electron chi connectivity index (χ1n) is 2.66. The van der Waals surface area contributed by atoms with Gasteiger partial charge in [0.05, 0.1) is 6.26 Å². The molecule has 58 valence electrons. The van der Waals surface area contributed by atoms with Gasteiger partial charge in [-0.25, -0.2) is 0 Å². The molecule has 10 heavy (non-hydrogen) atoms. The van der Waals surface area contributed by atoms with E-state index in [0.29, 0.717) is 0 Å². The van der Waals surface area contributed by atoms with E-state index in [2.05, 4.69) is 4.74 Å². The van der Waals surface area contributed by atoms with Crippen molar-refractivity contribution in [3.8, 4) is 0 Å². The fourth-order valence-corrected chi connectivity index (χ4v) is 0.710. The van der Waals surface area contributed by atoms with Gasteiger partial charge in [-0.2, -0.15) is 13.2 Å². The van der Waals surface area contributed by atoms with Gasteiger partial charge in [0.2, 0.25) is 0 Å². The molecule has 2 unspecified atom stereocenters. The maximum Gasteiger partial charge on any atom is 0.400 e. The third kappa shape index (κ3) is 1.23. The lowest BCUT2D eigenvalue weighted by Crippen LogP contribution is -2.36. The van der Waals surface area contributed by atoms with Crippen LogP contribution in [0, 0.1) is 5.92 Å². The van der Waals surface area contributed by atoms with Crippen LogP contribution in [-0.4, -0.2) is 12.4 Å². The SMILES string of the molecule is NC1OC=CC1C(F)(F)F. The highest BCUT2D eigenvalue weighted by atomic mass is 19.4. The van der Waals surface area contributed by atoms with Crippen molar-refractivity contribution in [1.82, 2.24) is 0 Å². The minimum absolute atomic E-state index is 0.907. The lowest BCUT2D eigenvalue weighted by atomic mass is 10.1. The van der Waals surface area contributed by atoms with Crippen molar-refractivity contribution in [1.29, 1.82) is 0 Å². The molecule has 2 nitrogen and oxygen atoms in total. The van der Waals surface area contributed by atoms with Crippen LogP contribution in [0.15, 0.2) is 12.3 Å². The third-order valence-electron chi connectivity index (χ3n) is 1.25. The van der Waals surface area contributed by atoms with E-state index in [1.165, 1.54) is 0 Å². The van der Waals surface area contributed by atoms with Crippen LogP contribution in [0.4, 0.5) is 13.2 Å². The van der Waals surface area contributed by atoms with Crippen LogP contribution in [0.2, 0.25) is 0 Å². The summed E-state index contributed by atoms with van der Waals surface area (Å²) in [6, 6.07) is 0. The average Bonchev–Trinajstić information content (AvgIpc) is 2.11. The van der Waals surface area contributed by atoms with Gasteiger partial charge in [0.1, 0.15) is 5.92 Å². The van der Waals surface area contributed by atoms with E-state index in [0.717, 1.165) is 12.3 Å². The number of alkyl halides is 3. The molecule has 0 radical (unpaired) electrons. The molecule has 0 fully saturated rings. The summed E-state index contributed by atoms with van der Waals surface area (Å²) >= 11 is 0. The number of ether oxygens (including phenoxy) is 1. The maximum absolute atomic E-state index is 11.8. The van der Waals surface area contributed by atoms with Crippen LogP contribution in [0.5, 0.6) is 0 Å². The Morgan fingerprint density at radius 3 is 2.20 bits per heavy atom. The van der Waals surface area contributed by atoms with Gasteiger partial charge in [0.25, 0.3) is 0 Å². The molecule has 0 amide bonds. The molecule has 0 saturated carbocycles. The summed E-state index contributed by atoms with van der Waals surface area (Å²) in [6.07, 6.45) is -3.67. The standard InChI is InChI=1S/C5H6F3NO/c6-5(7,8)3-1-2-10-4(3)9/h1-4H,9H2. The summed E-state index contributed by atoms with van der Waals surface area (Å²) in [5, 5.41) is 0. The van der Waals surface area contributed by atoms with Crippen molar-refractivity contribution < 1.29 is 17.9 Å². The van der Waals surface area contributed by atoms with Crippen LogP contribution < -0.4 is 5.73 Å². The van der Waals surface area contributed by atoms with Gasteiger partial charge in [-0.1, -0.05) is 0 Å². The van der Waals surface area contributed by atoms with E-state index in [9.17, 15) is 13.2 Å². The van der Waals surface area contributed by atoms with Gasteiger partial charge in [0, 0.05) is 0 Å². The molecular formula is C5H6F3NO. The van der Waals surface area contributed by atoms with Crippen LogP contribution in [0.3, 0.4) is 0 Å². The van der Waals surface area contributed by atoms with Gasteiger partial charge in [-0.3, -0.25) is 5.73 Å². The van der Waals surface area contributed by atoms with E-state index in [1.54, 1.807) is 0 Å². The molecule has 0 spiro atoms. The lowest BCUT2D eigenvalue weighted by molar-refractivity contribution is -0.177. The number of nitrogens with two attached hydrogens (primary N) is 1. The fourth-order valence-electron chi connectivity index (χ4n) is 0.710. The Balaban J connectivity index is 2.64. The van der Waals surface area contributed by atoms with E-state index < -0.39 is 18.3 Å². The van der Waals surface area contributed by atoms with Crippen molar-refractivity contribution in [2.45, 2.75) is 12.4 Å². The Hall–Kier alpha value is -0.710. The first-order chi connectivity index (χ1) is 4.52. The monoisotopic (exact) mass is 153 g/mol. The smallest absolute Gasteiger partial charge is 0.400 e. The average molecular weight is 153 g/mol. The summed E-state index contributed by atoms with van der Waals surface area (Å²) in [6.45, 7) is 0. The van der Waals surface area contributed by atoms with Crippen LogP contribution >= 0.6 is 0 Å². The second-order valence-corrected chi connectivity index (χ2v) is 2.00. The molecule has 5 heteroatoms. The van der Waals surface area contributed by atoms with Crippen molar-refractivity contribution in [2.75, 3.05) is 0 Å². The molecule has 2 N–H and O–H groups in total. The second kappa shape index (κ2) is 2.16. The summed E-state index contributed by atoms with van der Waals surface area (Å²) in [5.74, 6) is -1.65. The molecule has 0 aromatic rings. The van der Waals surface area contributed by atoms with Crippen molar-refractivity contribution in [3.05, 3.63) is 12.3 Å². The van der Waals surface area contributed by atoms with Crippen LogP contribution in [-0.2, 0) is 4.74 Å². The molecule has 0 aromatic carbocycles. The largest absolute Gasteiger partial charge is 0.482 e. The molecule has 1 aliphatic rings. The summed E-state index contributed by atoms with van der Waals surface area (Å²) < 4.78 is 39.8. The summed E-state index contributed by atoms with van der Waals surface area (Å²) in [4.78, 5) is 0. The zero-order valence-corrected chi connectivity index (χ0v) is 4.93. The number of halogens is 3. The minimum atomic E-state index is -4.29. The van der Waals surface area contributed by atoms with Crippen LogP contribution in [0.1, 0.15) is 0 Å². The normalized spacial score (nSPS) is 32.4. The molecule has 0 bridgehead atoms. The van der Waals surface area contributed by atoms with E-state index in [1.807, 2.05) is 0 Å². The van der Waals surface area contributed by atoms with Gasteiger partial charge < -0.3 is 4.74 Å². The summed E-state index contributed by atoms with van der Waals surface area (Å²) in [7, 11) is 0. The number of rotatable bonds is 0. The molecule has 0 aromatic heterocycles. The predicted molar refractivity (Wildman–Crippen MR) is 27.7 cm³/mol. The molecular weight excluding hydrogens is 147 g/mol. The Morgan fingerprint density at radius 1 is 1.40 bits per heavy atom. The maximum atomic E-state index is 11.8. The van der Waals surface area contributed by atoms with Gasteiger partial charge in [-0.15, -0.1) is 0 Å². The zero-order chi connectivity index (χ0) is 7.78. The molecule has 1 aliphatic heterocycles.